The number of hydrogen-bond donors (Lipinski definition) is 1. The zero-order valence-electron chi connectivity index (χ0n) is 20.0. The number of fused-ring (bicyclic) bond motifs is 1. The number of halogens is 1. The van der Waals surface area contributed by atoms with Crippen LogP contribution in [0.25, 0.3) is 33.7 Å². The van der Waals surface area contributed by atoms with Crippen molar-refractivity contribution >= 4 is 16.9 Å². The van der Waals surface area contributed by atoms with Crippen LogP contribution in [0.5, 0.6) is 0 Å². The molecular formula is C26H25FN6O2. The number of H-pyrrole nitrogens is 1. The predicted octanol–water partition coefficient (Wildman–Crippen LogP) is 5.27. The van der Waals surface area contributed by atoms with Gasteiger partial charge in [0.25, 0.3) is 0 Å². The van der Waals surface area contributed by atoms with Crippen molar-refractivity contribution in [2.24, 2.45) is 7.05 Å². The SMILES string of the molecule is Cn1cc(-c2nc3nccc(-c4ccc(CCC(=O)c5cc(C(C)(C)C)on5)c(F)c4)c3[nH]2)cn1. The summed E-state index contributed by atoms with van der Waals surface area (Å²) in [6.45, 7) is 5.95. The highest BCUT2D eigenvalue weighted by molar-refractivity contribution is 5.94. The van der Waals surface area contributed by atoms with Gasteiger partial charge in [0.05, 0.1) is 17.3 Å². The summed E-state index contributed by atoms with van der Waals surface area (Å²) in [4.78, 5) is 24.7. The number of hydrogen-bond acceptors (Lipinski definition) is 6. The molecule has 0 amide bonds. The van der Waals surface area contributed by atoms with E-state index in [1.165, 1.54) is 6.07 Å². The number of aromatic nitrogens is 6. The highest BCUT2D eigenvalue weighted by Crippen LogP contribution is 2.30. The van der Waals surface area contributed by atoms with Gasteiger partial charge >= 0.3 is 0 Å². The van der Waals surface area contributed by atoms with Gasteiger partial charge in [-0.25, -0.2) is 14.4 Å². The van der Waals surface area contributed by atoms with E-state index in [0.29, 0.717) is 28.4 Å². The second-order valence-corrected chi connectivity index (χ2v) is 9.60. The first kappa shape index (κ1) is 22.6. The van der Waals surface area contributed by atoms with Crippen LogP contribution in [0.2, 0.25) is 0 Å². The van der Waals surface area contributed by atoms with Crippen LogP contribution in [0, 0.1) is 5.82 Å². The van der Waals surface area contributed by atoms with Gasteiger partial charge < -0.3 is 9.51 Å². The van der Waals surface area contributed by atoms with E-state index in [9.17, 15) is 4.79 Å². The number of pyridine rings is 1. The van der Waals surface area contributed by atoms with Crippen molar-refractivity contribution in [3.05, 3.63) is 71.8 Å². The van der Waals surface area contributed by atoms with Gasteiger partial charge in [-0.05, 0) is 29.7 Å². The number of carbonyl (C=O) groups excluding carboxylic acids is 1. The van der Waals surface area contributed by atoms with E-state index in [0.717, 1.165) is 16.6 Å². The van der Waals surface area contributed by atoms with Crippen LogP contribution in [0.15, 0.2) is 53.4 Å². The molecule has 0 fully saturated rings. The second-order valence-electron chi connectivity index (χ2n) is 9.60. The van der Waals surface area contributed by atoms with Crippen molar-refractivity contribution < 1.29 is 13.7 Å². The van der Waals surface area contributed by atoms with Gasteiger partial charge in [0.2, 0.25) is 0 Å². The third kappa shape index (κ3) is 4.49. The van der Waals surface area contributed by atoms with E-state index in [2.05, 4.69) is 25.2 Å². The van der Waals surface area contributed by atoms with Gasteiger partial charge in [-0.1, -0.05) is 38.1 Å². The lowest BCUT2D eigenvalue weighted by Crippen LogP contribution is -2.09. The van der Waals surface area contributed by atoms with Gasteiger partial charge in [-0.3, -0.25) is 9.48 Å². The largest absolute Gasteiger partial charge is 0.360 e. The zero-order chi connectivity index (χ0) is 24.7. The number of carbonyl (C=O) groups is 1. The fourth-order valence-corrected chi connectivity index (χ4v) is 3.89. The Morgan fingerprint density at radius 3 is 2.69 bits per heavy atom. The van der Waals surface area contributed by atoms with Crippen LogP contribution in [0.3, 0.4) is 0 Å². The average Bonchev–Trinajstić information content (AvgIpc) is 3.56. The summed E-state index contributed by atoms with van der Waals surface area (Å²) in [6.07, 6.45) is 5.64. The molecule has 0 aliphatic heterocycles. The lowest BCUT2D eigenvalue weighted by molar-refractivity contribution is 0.0973. The second kappa shape index (κ2) is 8.57. The lowest BCUT2D eigenvalue weighted by Gasteiger charge is -2.12. The molecule has 0 aliphatic carbocycles. The number of ketones is 1. The minimum Gasteiger partial charge on any atom is -0.360 e. The molecule has 0 unspecified atom stereocenters. The monoisotopic (exact) mass is 472 g/mol. The molecule has 0 saturated heterocycles. The number of rotatable bonds is 6. The molecule has 4 aromatic heterocycles. The van der Waals surface area contributed by atoms with Gasteiger partial charge in [0.1, 0.15) is 23.1 Å². The molecule has 0 atom stereocenters. The van der Waals surface area contributed by atoms with E-state index < -0.39 is 0 Å². The Labute approximate surface area is 201 Å². The number of nitrogens with one attached hydrogen (secondary N) is 1. The lowest BCUT2D eigenvalue weighted by atomic mass is 9.93. The van der Waals surface area contributed by atoms with Crippen molar-refractivity contribution in [3.8, 4) is 22.5 Å². The molecule has 35 heavy (non-hydrogen) atoms. The van der Waals surface area contributed by atoms with Crippen LogP contribution in [-0.2, 0) is 18.9 Å². The Hall–Kier alpha value is -4.14. The summed E-state index contributed by atoms with van der Waals surface area (Å²) in [5, 5.41) is 8.07. The van der Waals surface area contributed by atoms with Gasteiger partial charge in [0, 0.05) is 42.9 Å². The van der Waals surface area contributed by atoms with E-state index in [4.69, 9.17) is 4.52 Å². The number of Topliss-reactive ketones (excluding diaryl/α,β-unsaturated/α-hetero) is 1. The zero-order valence-corrected chi connectivity index (χ0v) is 20.0. The van der Waals surface area contributed by atoms with Crippen molar-refractivity contribution in [1.29, 1.82) is 0 Å². The predicted molar refractivity (Wildman–Crippen MR) is 129 cm³/mol. The molecule has 1 aromatic carbocycles. The van der Waals surface area contributed by atoms with Crippen molar-refractivity contribution in [2.75, 3.05) is 0 Å². The topological polar surface area (TPSA) is 102 Å². The molecule has 0 saturated carbocycles. The number of nitrogens with zero attached hydrogens (tertiary/aromatic N) is 5. The van der Waals surface area contributed by atoms with E-state index >= 15 is 4.39 Å². The summed E-state index contributed by atoms with van der Waals surface area (Å²) < 4.78 is 22.0. The van der Waals surface area contributed by atoms with E-state index in [1.54, 1.807) is 29.2 Å². The number of imidazole rings is 1. The molecule has 8 nitrogen and oxygen atoms in total. The Bertz CT molecular complexity index is 1540. The smallest absolute Gasteiger partial charge is 0.185 e. The third-order valence-corrected chi connectivity index (χ3v) is 5.89. The standard InChI is InChI=1S/C26H25FN6O2/c1-26(2,3)22-12-20(32-35-22)21(34)8-7-15-5-6-16(11-19(15)27)18-9-10-28-25-23(18)30-24(31-25)17-13-29-33(4)14-17/h5-6,9-14H,7-8H2,1-4H3,(H,28,30,31). The molecule has 0 bridgehead atoms. The maximum absolute atomic E-state index is 15.0. The summed E-state index contributed by atoms with van der Waals surface area (Å²) in [5.41, 5.74) is 4.08. The molecule has 5 rings (SSSR count). The highest BCUT2D eigenvalue weighted by atomic mass is 19.1. The first-order valence-corrected chi connectivity index (χ1v) is 11.3. The van der Waals surface area contributed by atoms with Crippen LogP contribution < -0.4 is 0 Å². The molecule has 0 spiro atoms. The average molecular weight is 473 g/mol. The minimum absolute atomic E-state index is 0.140. The fraction of sp³-hybridized carbons (Fsp3) is 0.269. The van der Waals surface area contributed by atoms with E-state index in [1.807, 2.05) is 46.1 Å². The Balaban J connectivity index is 1.36. The first-order chi connectivity index (χ1) is 16.7. The number of aryl methyl sites for hydroxylation is 2. The molecule has 4 heterocycles. The molecule has 9 heteroatoms. The normalized spacial score (nSPS) is 11.9. The maximum Gasteiger partial charge on any atom is 0.185 e. The summed E-state index contributed by atoms with van der Waals surface area (Å²) in [7, 11) is 1.84. The molecule has 5 aromatic rings. The van der Waals surface area contributed by atoms with Crippen molar-refractivity contribution in [3.63, 3.8) is 0 Å². The summed E-state index contributed by atoms with van der Waals surface area (Å²) in [6, 6.07) is 8.53. The summed E-state index contributed by atoms with van der Waals surface area (Å²) >= 11 is 0. The molecule has 178 valence electrons. The van der Waals surface area contributed by atoms with Crippen molar-refractivity contribution in [1.82, 2.24) is 29.9 Å². The molecule has 0 aliphatic rings. The Morgan fingerprint density at radius 2 is 2.00 bits per heavy atom. The minimum atomic E-state index is -0.372. The fourth-order valence-electron chi connectivity index (χ4n) is 3.89. The first-order valence-electron chi connectivity index (χ1n) is 11.3. The quantitative estimate of drug-likeness (QED) is 0.338. The van der Waals surface area contributed by atoms with Crippen LogP contribution >= 0.6 is 0 Å². The highest BCUT2D eigenvalue weighted by Gasteiger charge is 2.22. The number of benzene rings is 1. The van der Waals surface area contributed by atoms with Crippen LogP contribution in [0.1, 0.15) is 49.0 Å². The third-order valence-electron chi connectivity index (χ3n) is 5.89. The van der Waals surface area contributed by atoms with Gasteiger partial charge in [0.15, 0.2) is 11.4 Å². The molecule has 0 radical (unpaired) electrons. The van der Waals surface area contributed by atoms with Crippen LogP contribution in [-0.4, -0.2) is 35.7 Å². The maximum atomic E-state index is 15.0. The van der Waals surface area contributed by atoms with Crippen molar-refractivity contribution in [2.45, 2.75) is 39.0 Å². The Kier molecular flexibility index (Phi) is 5.55. The van der Waals surface area contributed by atoms with Gasteiger partial charge in [-0.15, -0.1) is 0 Å². The molecule has 1 N–H and O–H groups in total. The summed E-state index contributed by atoms with van der Waals surface area (Å²) in [5.74, 6) is 0.739. The van der Waals surface area contributed by atoms with Crippen LogP contribution in [0.4, 0.5) is 4.39 Å². The molecular weight excluding hydrogens is 447 g/mol. The van der Waals surface area contributed by atoms with Gasteiger partial charge in [-0.2, -0.15) is 5.10 Å². The number of aromatic amines is 1. The van der Waals surface area contributed by atoms with E-state index in [-0.39, 0.29) is 35.6 Å². The Morgan fingerprint density at radius 1 is 1.17 bits per heavy atom.